The molecule has 0 unspecified atom stereocenters. The fraction of sp³-hybridized carbons (Fsp3) is 0.250. The molecule has 0 atom stereocenters. The Morgan fingerprint density at radius 2 is 2.29 bits per heavy atom. The van der Waals surface area contributed by atoms with Crippen molar-refractivity contribution in [3.05, 3.63) is 45.9 Å². The van der Waals surface area contributed by atoms with E-state index in [0.29, 0.717) is 6.54 Å². The Kier molecular flexibility index (Phi) is 4.12. The quantitative estimate of drug-likeness (QED) is 0.618. The van der Waals surface area contributed by atoms with Gasteiger partial charge in [0.1, 0.15) is 0 Å². The summed E-state index contributed by atoms with van der Waals surface area (Å²) in [5.74, 6) is -0.333. The van der Waals surface area contributed by atoms with Crippen molar-refractivity contribution in [1.82, 2.24) is 20.1 Å². The molecule has 2 aromatic rings. The Morgan fingerprint density at radius 3 is 2.86 bits per heavy atom. The molecule has 0 fully saturated rings. The first-order chi connectivity index (χ1) is 10.0. The number of nitrogens with one attached hydrogen (secondary N) is 2. The molecule has 2 rings (SSSR count). The molecular weight excluding hydrogens is 276 g/mol. The summed E-state index contributed by atoms with van der Waals surface area (Å²) in [5.41, 5.74) is 0.601. The molecule has 0 aliphatic rings. The summed E-state index contributed by atoms with van der Waals surface area (Å²) in [6.07, 6.45) is 3.06. The number of amides is 1. The Bertz CT molecular complexity index is 681. The Balaban J connectivity index is 2.22. The van der Waals surface area contributed by atoms with Gasteiger partial charge >= 0.3 is 5.69 Å². The van der Waals surface area contributed by atoms with Gasteiger partial charge in [0.2, 0.25) is 5.82 Å². The second-order valence-electron chi connectivity index (χ2n) is 4.26. The highest BCUT2D eigenvalue weighted by Crippen LogP contribution is 2.23. The average molecular weight is 290 g/mol. The summed E-state index contributed by atoms with van der Waals surface area (Å²) in [5, 5.41) is 20.5. The van der Waals surface area contributed by atoms with Crippen molar-refractivity contribution < 1.29 is 9.72 Å². The molecule has 0 aliphatic carbocycles. The third kappa shape index (κ3) is 3.32. The van der Waals surface area contributed by atoms with E-state index in [4.69, 9.17) is 0 Å². The minimum Gasteiger partial charge on any atom is -0.359 e. The summed E-state index contributed by atoms with van der Waals surface area (Å²) in [6, 6.07) is 2.98. The number of anilines is 1. The fourth-order valence-corrected chi connectivity index (χ4v) is 1.73. The zero-order chi connectivity index (χ0) is 15.4. The van der Waals surface area contributed by atoms with Crippen molar-refractivity contribution in [3.8, 4) is 0 Å². The molecule has 21 heavy (non-hydrogen) atoms. The first-order valence-electron chi connectivity index (χ1n) is 6.10. The van der Waals surface area contributed by atoms with Gasteiger partial charge in [-0.25, -0.2) is 4.98 Å². The predicted octanol–water partition coefficient (Wildman–Crippen LogP) is 0.695. The third-order valence-corrected chi connectivity index (χ3v) is 2.76. The number of carbonyl (C=O) groups excluding carboxylic acids is 1. The van der Waals surface area contributed by atoms with Gasteiger partial charge in [0.25, 0.3) is 5.91 Å². The summed E-state index contributed by atoms with van der Waals surface area (Å²) in [7, 11) is 3.23. The van der Waals surface area contributed by atoms with Crippen LogP contribution < -0.4 is 10.6 Å². The summed E-state index contributed by atoms with van der Waals surface area (Å²) < 4.78 is 1.63. The van der Waals surface area contributed by atoms with E-state index in [-0.39, 0.29) is 17.1 Å². The topological polar surface area (TPSA) is 115 Å². The van der Waals surface area contributed by atoms with E-state index in [2.05, 4.69) is 20.7 Å². The first-order valence-corrected chi connectivity index (χ1v) is 6.10. The molecule has 2 heterocycles. The minimum absolute atomic E-state index is 0.0957. The number of carbonyl (C=O) groups is 1. The number of nitro groups is 1. The van der Waals surface area contributed by atoms with Crippen molar-refractivity contribution in [3.63, 3.8) is 0 Å². The van der Waals surface area contributed by atoms with Gasteiger partial charge in [0.05, 0.1) is 22.7 Å². The maximum Gasteiger partial charge on any atom is 0.312 e. The van der Waals surface area contributed by atoms with Crippen LogP contribution in [0.1, 0.15) is 16.1 Å². The highest BCUT2D eigenvalue weighted by molar-refractivity contribution is 5.94. The zero-order valence-electron chi connectivity index (χ0n) is 11.5. The highest BCUT2D eigenvalue weighted by atomic mass is 16.6. The van der Waals surface area contributed by atoms with E-state index < -0.39 is 10.8 Å². The van der Waals surface area contributed by atoms with Crippen LogP contribution >= 0.6 is 0 Å². The largest absolute Gasteiger partial charge is 0.359 e. The molecule has 0 bridgehead atoms. The van der Waals surface area contributed by atoms with Crippen LogP contribution in [-0.2, 0) is 13.6 Å². The number of rotatable bonds is 5. The molecule has 2 aromatic heterocycles. The van der Waals surface area contributed by atoms with Crippen LogP contribution in [-0.4, -0.2) is 32.6 Å². The van der Waals surface area contributed by atoms with Crippen LogP contribution in [0, 0.1) is 10.1 Å². The SMILES string of the molecule is CNC(=O)c1cnc(NCc2ccn(C)n2)c([N+](=O)[O-])c1. The predicted molar refractivity (Wildman–Crippen MR) is 74.8 cm³/mol. The maximum atomic E-state index is 11.5. The Hall–Kier alpha value is -2.97. The second kappa shape index (κ2) is 5.99. The standard InChI is InChI=1S/C12H14N6O3/c1-13-12(19)8-5-10(18(20)21)11(14-6-8)15-7-9-3-4-17(2)16-9/h3-6H,7H2,1-2H3,(H,13,19)(H,14,15). The van der Waals surface area contributed by atoms with E-state index in [1.165, 1.54) is 19.3 Å². The van der Waals surface area contributed by atoms with E-state index in [0.717, 1.165) is 5.69 Å². The van der Waals surface area contributed by atoms with Gasteiger partial charge in [-0.2, -0.15) is 5.10 Å². The van der Waals surface area contributed by atoms with Gasteiger partial charge in [0.15, 0.2) is 0 Å². The lowest BCUT2D eigenvalue weighted by Crippen LogP contribution is -2.18. The van der Waals surface area contributed by atoms with Gasteiger partial charge in [-0.05, 0) is 6.07 Å². The van der Waals surface area contributed by atoms with Crippen LogP contribution in [0.2, 0.25) is 0 Å². The molecule has 110 valence electrons. The second-order valence-corrected chi connectivity index (χ2v) is 4.26. The molecule has 2 N–H and O–H groups in total. The Labute approximate surface area is 120 Å². The smallest absolute Gasteiger partial charge is 0.312 e. The van der Waals surface area contributed by atoms with Crippen molar-refractivity contribution in [2.45, 2.75) is 6.54 Å². The van der Waals surface area contributed by atoms with Gasteiger partial charge in [0, 0.05) is 32.6 Å². The first kappa shape index (κ1) is 14.4. The van der Waals surface area contributed by atoms with E-state index >= 15 is 0 Å². The van der Waals surface area contributed by atoms with Crippen LogP contribution in [0.3, 0.4) is 0 Å². The fourth-order valence-electron chi connectivity index (χ4n) is 1.73. The van der Waals surface area contributed by atoms with Gasteiger partial charge < -0.3 is 10.6 Å². The van der Waals surface area contributed by atoms with Crippen LogP contribution in [0.5, 0.6) is 0 Å². The zero-order valence-corrected chi connectivity index (χ0v) is 11.5. The number of pyridine rings is 1. The van der Waals surface area contributed by atoms with Crippen molar-refractivity contribution in [2.24, 2.45) is 7.05 Å². The third-order valence-electron chi connectivity index (χ3n) is 2.76. The number of nitrogens with zero attached hydrogens (tertiary/aromatic N) is 4. The van der Waals surface area contributed by atoms with Gasteiger partial charge in [-0.1, -0.05) is 0 Å². The molecule has 0 saturated carbocycles. The molecule has 9 nitrogen and oxygen atoms in total. The van der Waals surface area contributed by atoms with Crippen LogP contribution in [0.25, 0.3) is 0 Å². The molecule has 0 spiro atoms. The average Bonchev–Trinajstić information content (AvgIpc) is 2.89. The van der Waals surface area contributed by atoms with Crippen LogP contribution in [0.15, 0.2) is 24.5 Å². The van der Waals surface area contributed by atoms with E-state index in [1.54, 1.807) is 24.0 Å². The number of aromatic nitrogens is 3. The lowest BCUT2D eigenvalue weighted by Gasteiger charge is -2.06. The monoisotopic (exact) mass is 290 g/mol. The van der Waals surface area contributed by atoms with Crippen molar-refractivity contribution in [2.75, 3.05) is 12.4 Å². The van der Waals surface area contributed by atoms with E-state index in [9.17, 15) is 14.9 Å². The van der Waals surface area contributed by atoms with Crippen LogP contribution in [0.4, 0.5) is 11.5 Å². The molecule has 0 radical (unpaired) electrons. The van der Waals surface area contributed by atoms with E-state index in [1.807, 2.05) is 0 Å². The number of aryl methyl sites for hydroxylation is 1. The minimum atomic E-state index is -0.583. The summed E-state index contributed by atoms with van der Waals surface area (Å²) >= 11 is 0. The molecule has 9 heteroatoms. The summed E-state index contributed by atoms with van der Waals surface area (Å²) in [6.45, 7) is 0.300. The summed E-state index contributed by atoms with van der Waals surface area (Å²) in [4.78, 5) is 25.9. The highest BCUT2D eigenvalue weighted by Gasteiger charge is 2.18. The van der Waals surface area contributed by atoms with Gasteiger partial charge in [-0.15, -0.1) is 0 Å². The normalized spacial score (nSPS) is 10.2. The lowest BCUT2D eigenvalue weighted by atomic mass is 10.2. The van der Waals surface area contributed by atoms with Crippen molar-refractivity contribution >= 4 is 17.4 Å². The molecular formula is C12H14N6O3. The van der Waals surface area contributed by atoms with Crippen molar-refractivity contribution in [1.29, 1.82) is 0 Å². The molecule has 0 aliphatic heterocycles. The lowest BCUT2D eigenvalue weighted by molar-refractivity contribution is -0.384. The number of hydrogen-bond donors (Lipinski definition) is 2. The molecule has 0 aromatic carbocycles. The maximum absolute atomic E-state index is 11.5. The Morgan fingerprint density at radius 1 is 1.52 bits per heavy atom. The van der Waals surface area contributed by atoms with Gasteiger partial charge in [-0.3, -0.25) is 19.6 Å². The number of hydrogen-bond acceptors (Lipinski definition) is 6. The molecule has 1 amide bonds. The molecule has 0 saturated heterocycles.